The van der Waals surface area contributed by atoms with Crippen molar-refractivity contribution in [1.82, 2.24) is 0 Å². The Labute approximate surface area is 85.3 Å². The number of nitrogens with two attached hydrogens (primary N) is 1. The standard InChI is InChI=1S/C11H19NO2/c1-4-14-11(13)9-5-7(2)10(12)8(3)6-9/h5,7-8,10H,4,6,12H2,1-3H3/t7-,8+,10-/m0/s1. The van der Waals surface area contributed by atoms with Gasteiger partial charge in [-0.3, -0.25) is 0 Å². The Morgan fingerprint density at radius 1 is 1.64 bits per heavy atom. The molecule has 3 heteroatoms. The lowest BCUT2D eigenvalue weighted by Crippen LogP contribution is -2.38. The molecule has 0 heterocycles. The van der Waals surface area contributed by atoms with E-state index in [4.69, 9.17) is 10.5 Å². The average molecular weight is 197 g/mol. The molecule has 0 fully saturated rings. The van der Waals surface area contributed by atoms with Crippen molar-refractivity contribution in [3.05, 3.63) is 11.6 Å². The molecule has 0 bridgehead atoms. The maximum Gasteiger partial charge on any atom is 0.333 e. The van der Waals surface area contributed by atoms with Crippen LogP contribution in [0.15, 0.2) is 11.6 Å². The maximum atomic E-state index is 11.5. The summed E-state index contributed by atoms with van der Waals surface area (Å²) in [5.74, 6) is 0.436. The molecule has 0 amide bonds. The first kappa shape index (κ1) is 11.2. The van der Waals surface area contributed by atoms with Gasteiger partial charge in [-0.1, -0.05) is 19.9 Å². The summed E-state index contributed by atoms with van der Waals surface area (Å²) in [5.41, 5.74) is 6.75. The molecule has 80 valence electrons. The van der Waals surface area contributed by atoms with E-state index in [1.807, 2.05) is 19.9 Å². The van der Waals surface area contributed by atoms with E-state index in [2.05, 4.69) is 6.92 Å². The third kappa shape index (κ3) is 2.35. The van der Waals surface area contributed by atoms with Gasteiger partial charge in [0.2, 0.25) is 0 Å². The van der Waals surface area contributed by atoms with Crippen LogP contribution in [-0.4, -0.2) is 18.6 Å². The largest absolute Gasteiger partial charge is 0.463 e. The van der Waals surface area contributed by atoms with Crippen molar-refractivity contribution in [3.63, 3.8) is 0 Å². The molecule has 2 N–H and O–H groups in total. The quantitative estimate of drug-likeness (QED) is 0.682. The predicted octanol–water partition coefficient (Wildman–Crippen LogP) is 1.48. The van der Waals surface area contributed by atoms with E-state index in [9.17, 15) is 4.79 Å². The van der Waals surface area contributed by atoms with Gasteiger partial charge in [-0.15, -0.1) is 0 Å². The molecule has 0 aliphatic heterocycles. The Morgan fingerprint density at radius 2 is 2.29 bits per heavy atom. The molecule has 1 rings (SSSR count). The minimum absolute atomic E-state index is 0.160. The van der Waals surface area contributed by atoms with Crippen molar-refractivity contribution in [2.75, 3.05) is 6.61 Å². The molecule has 14 heavy (non-hydrogen) atoms. The summed E-state index contributed by atoms with van der Waals surface area (Å²) in [6.07, 6.45) is 2.69. The molecule has 0 aromatic carbocycles. The van der Waals surface area contributed by atoms with Gasteiger partial charge in [0, 0.05) is 11.6 Å². The molecule has 1 aliphatic rings. The van der Waals surface area contributed by atoms with E-state index in [-0.39, 0.29) is 17.9 Å². The van der Waals surface area contributed by atoms with Gasteiger partial charge in [-0.25, -0.2) is 4.79 Å². The predicted molar refractivity (Wildman–Crippen MR) is 55.6 cm³/mol. The van der Waals surface area contributed by atoms with Crippen LogP contribution in [0.25, 0.3) is 0 Å². The third-order valence-corrected chi connectivity index (χ3v) is 2.81. The molecule has 0 saturated carbocycles. The number of esters is 1. The zero-order chi connectivity index (χ0) is 10.7. The summed E-state index contributed by atoms with van der Waals surface area (Å²) in [5, 5.41) is 0. The minimum atomic E-state index is -0.182. The van der Waals surface area contributed by atoms with Crippen LogP contribution in [0.1, 0.15) is 27.2 Å². The Balaban J connectivity index is 2.71. The van der Waals surface area contributed by atoms with Crippen LogP contribution in [0.3, 0.4) is 0 Å². The van der Waals surface area contributed by atoms with Crippen LogP contribution in [0.5, 0.6) is 0 Å². The normalized spacial score (nSPS) is 32.3. The molecule has 3 atom stereocenters. The highest BCUT2D eigenvalue weighted by Gasteiger charge is 2.27. The van der Waals surface area contributed by atoms with Gasteiger partial charge in [0.25, 0.3) is 0 Å². The number of hydrogen-bond donors (Lipinski definition) is 1. The summed E-state index contributed by atoms with van der Waals surface area (Å²) >= 11 is 0. The van der Waals surface area contributed by atoms with Gasteiger partial charge in [0.05, 0.1) is 6.61 Å². The van der Waals surface area contributed by atoms with Crippen LogP contribution < -0.4 is 5.73 Å². The summed E-state index contributed by atoms with van der Waals surface area (Å²) in [6.45, 7) is 6.37. The van der Waals surface area contributed by atoms with Gasteiger partial charge in [0.15, 0.2) is 0 Å². The molecule has 0 spiro atoms. The van der Waals surface area contributed by atoms with Gasteiger partial charge in [-0.05, 0) is 25.2 Å². The molecular weight excluding hydrogens is 178 g/mol. The molecule has 0 aromatic heterocycles. The SMILES string of the molecule is CCOC(=O)C1=C[C@H](C)[C@H](N)[C@H](C)C1. The van der Waals surface area contributed by atoms with Crippen molar-refractivity contribution in [3.8, 4) is 0 Å². The summed E-state index contributed by atoms with van der Waals surface area (Å²) < 4.78 is 4.97. The Kier molecular flexibility index (Phi) is 3.69. The fourth-order valence-electron chi connectivity index (χ4n) is 1.87. The minimum Gasteiger partial charge on any atom is -0.463 e. The second-order valence-corrected chi connectivity index (χ2v) is 4.03. The second kappa shape index (κ2) is 4.60. The molecule has 0 radical (unpaired) electrons. The topological polar surface area (TPSA) is 52.3 Å². The lowest BCUT2D eigenvalue weighted by atomic mass is 9.80. The van der Waals surface area contributed by atoms with E-state index in [1.54, 1.807) is 0 Å². The second-order valence-electron chi connectivity index (χ2n) is 4.03. The lowest BCUT2D eigenvalue weighted by molar-refractivity contribution is -0.139. The highest BCUT2D eigenvalue weighted by atomic mass is 16.5. The summed E-state index contributed by atoms with van der Waals surface area (Å²) in [6, 6.07) is 0.160. The van der Waals surface area contributed by atoms with Crippen LogP contribution in [-0.2, 0) is 9.53 Å². The van der Waals surface area contributed by atoms with Crippen molar-refractivity contribution in [2.24, 2.45) is 17.6 Å². The van der Waals surface area contributed by atoms with Crippen LogP contribution >= 0.6 is 0 Å². The first-order valence-electron chi connectivity index (χ1n) is 5.19. The Hall–Kier alpha value is -0.830. The Morgan fingerprint density at radius 3 is 2.79 bits per heavy atom. The highest BCUT2D eigenvalue weighted by Crippen LogP contribution is 2.27. The molecule has 0 aromatic rings. The van der Waals surface area contributed by atoms with Gasteiger partial charge in [-0.2, -0.15) is 0 Å². The van der Waals surface area contributed by atoms with Crippen molar-refractivity contribution in [1.29, 1.82) is 0 Å². The fraction of sp³-hybridized carbons (Fsp3) is 0.727. The number of carbonyl (C=O) groups is 1. The molecule has 1 aliphatic carbocycles. The zero-order valence-electron chi connectivity index (χ0n) is 9.12. The third-order valence-electron chi connectivity index (χ3n) is 2.81. The number of ether oxygens (including phenoxy) is 1. The molecular formula is C11H19NO2. The smallest absolute Gasteiger partial charge is 0.333 e. The highest BCUT2D eigenvalue weighted by molar-refractivity contribution is 5.88. The monoisotopic (exact) mass is 197 g/mol. The van der Waals surface area contributed by atoms with E-state index in [1.165, 1.54) is 0 Å². The number of hydrogen-bond acceptors (Lipinski definition) is 3. The molecule has 0 saturated heterocycles. The number of rotatable bonds is 2. The molecule has 0 unspecified atom stereocenters. The van der Waals surface area contributed by atoms with E-state index in [0.29, 0.717) is 12.5 Å². The van der Waals surface area contributed by atoms with Crippen molar-refractivity contribution >= 4 is 5.97 Å². The van der Waals surface area contributed by atoms with E-state index >= 15 is 0 Å². The maximum absolute atomic E-state index is 11.5. The molecule has 3 nitrogen and oxygen atoms in total. The zero-order valence-corrected chi connectivity index (χ0v) is 9.12. The number of carbonyl (C=O) groups excluding carboxylic acids is 1. The van der Waals surface area contributed by atoms with E-state index in [0.717, 1.165) is 12.0 Å². The fourth-order valence-corrected chi connectivity index (χ4v) is 1.87. The van der Waals surface area contributed by atoms with Crippen molar-refractivity contribution < 1.29 is 9.53 Å². The van der Waals surface area contributed by atoms with Crippen molar-refractivity contribution in [2.45, 2.75) is 33.2 Å². The summed E-state index contributed by atoms with van der Waals surface area (Å²) in [4.78, 5) is 11.5. The first-order chi connectivity index (χ1) is 6.56. The van der Waals surface area contributed by atoms with Gasteiger partial charge in [0.1, 0.15) is 0 Å². The lowest BCUT2D eigenvalue weighted by Gasteiger charge is -2.29. The average Bonchev–Trinajstić information content (AvgIpc) is 2.13. The van der Waals surface area contributed by atoms with Crippen LogP contribution in [0.2, 0.25) is 0 Å². The van der Waals surface area contributed by atoms with Crippen LogP contribution in [0.4, 0.5) is 0 Å². The summed E-state index contributed by atoms with van der Waals surface area (Å²) in [7, 11) is 0. The Bertz CT molecular complexity index is 248. The first-order valence-corrected chi connectivity index (χ1v) is 5.19. The van der Waals surface area contributed by atoms with Crippen LogP contribution in [0, 0.1) is 11.8 Å². The van der Waals surface area contributed by atoms with Gasteiger partial charge >= 0.3 is 5.97 Å². The van der Waals surface area contributed by atoms with E-state index < -0.39 is 0 Å². The van der Waals surface area contributed by atoms with Gasteiger partial charge < -0.3 is 10.5 Å².